The lowest BCUT2D eigenvalue weighted by Gasteiger charge is -2.22. The van der Waals surface area contributed by atoms with Gasteiger partial charge in [0.1, 0.15) is 18.0 Å². The van der Waals surface area contributed by atoms with Gasteiger partial charge in [-0.25, -0.2) is 9.97 Å². The van der Waals surface area contributed by atoms with Crippen LogP contribution in [0.1, 0.15) is 38.7 Å². The van der Waals surface area contributed by atoms with E-state index in [1.807, 2.05) is 0 Å². The second-order valence-corrected chi connectivity index (χ2v) is 5.76. The van der Waals surface area contributed by atoms with Gasteiger partial charge in [-0.1, -0.05) is 20.3 Å². The molecule has 0 aromatic carbocycles. The summed E-state index contributed by atoms with van der Waals surface area (Å²) < 4.78 is 5.29. The summed E-state index contributed by atoms with van der Waals surface area (Å²) in [6, 6.07) is 0. The molecule has 5 nitrogen and oxygen atoms in total. The van der Waals surface area contributed by atoms with Crippen LogP contribution in [0.5, 0.6) is 0 Å². The highest BCUT2D eigenvalue weighted by molar-refractivity contribution is 5.59. The fourth-order valence-electron chi connectivity index (χ4n) is 2.95. The number of aromatic nitrogens is 2. The minimum Gasteiger partial charge on any atom is -0.384 e. The van der Waals surface area contributed by atoms with Gasteiger partial charge in [0, 0.05) is 38.2 Å². The molecule has 0 radical (unpaired) electrons. The van der Waals surface area contributed by atoms with Crippen LogP contribution in [0.25, 0.3) is 0 Å². The van der Waals surface area contributed by atoms with Gasteiger partial charge in [-0.05, 0) is 19.3 Å². The van der Waals surface area contributed by atoms with E-state index >= 15 is 0 Å². The summed E-state index contributed by atoms with van der Waals surface area (Å²) in [7, 11) is 1.78. The van der Waals surface area contributed by atoms with Crippen LogP contribution in [0.4, 0.5) is 11.6 Å². The molecular formula is C16H28N4O. The predicted molar refractivity (Wildman–Crippen MR) is 87.0 cm³/mol. The zero-order valence-electron chi connectivity index (χ0n) is 13.6. The summed E-state index contributed by atoms with van der Waals surface area (Å²) in [6.45, 7) is 8.28. The molecule has 1 saturated heterocycles. The van der Waals surface area contributed by atoms with Gasteiger partial charge in [0.2, 0.25) is 0 Å². The Bertz CT molecular complexity index is 438. The molecule has 0 bridgehead atoms. The van der Waals surface area contributed by atoms with Gasteiger partial charge in [-0.2, -0.15) is 0 Å². The van der Waals surface area contributed by atoms with Crippen molar-refractivity contribution in [2.45, 2.75) is 39.5 Å². The van der Waals surface area contributed by atoms with E-state index in [0.717, 1.165) is 57.1 Å². The molecule has 0 spiro atoms. The van der Waals surface area contributed by atoms with Crippen molar-refractivity contribution < 1.29 is 4.74 Å². The van der Waals surface area contributed by atoms with Crippen molar-refractivity contribution in [3.8, 4) is 0 Å². The largest absolute Gasteiger partial charge is 0.384 e. The number of methoxy groups -OCH3 is 1. The van der Waals surface area contributed by atoms with Crippen molar-refractivity contribution in [1.29, 1.82) is 0 Å². The minimum atomic E-state index is 0.617. The van der Waals surface area contributed by atoms with Gasteiger partial charge in [-0.3, -0.25) is 0 Å². The summed E-state index contributed by atoms with van der Waals surface area (Å²) in [5.74, 6) is 2.74. The SMILES string of the molecule is CCCNc1ncnc(N2CCC(COC)C2)c1CCC. The molecule has 1 N–H and O–H groups in total. The molecule has 5 heteroatoms. The smallest absolute Gasteiger partial charge is 0.137 e. The Hall–Kier alpha value is -1.36. The fourth-order valence-corrected chi connectivity index (χ4v) is 2.95. The monoisotopic (exact) mass is 292 g/mol. The summed E-state index contributed by atoms with van der Waals surface area (Å²) in [4.78, 5) is 11.4. The van der Waals surface area contributed by atoms with Crippen LogP contribution in [0.3, 0.4) is 0 Å². The lowest BCUT2D eigenvalue weighted by atomic mass is 10.1. The Morgan fingerprint density at radius 1 is 1.33 bits per heavy atom. The summed E-state index contributed by atoms with van der Waals surface area (Å²) in [6.07, 6.45) is 6.10. The predicted octanol–water partition coefficient (Wildman–Crippen LogP) is 2.72. The molecule has 2 heterocycles. The van der Waals surface area contributed by atoms with Crippen molar-refractivity contribution in [2.75, 3.05) is 43.6 Å². The maximum atomic E-state index is 5.29. The average Bonchev–Trinajstić information content (AvgIpc) is 2.95. The van der Waals surface area contributed by atoms with Crippen LogP contribution in [0.2, 0.25) is 0 Å². The van der Waals surface area contributed by atoms with E-state index in [1.54, 1.807) is 13.4 Å². The highest BCUT2D eigenvalue weighted by Crippen LogP contribution is 2.29. The van der Waals surface area contributed by atoms with Crippen molar-refractivity contribution in [3.05, 3.63) is 11.9 Å². The van der Waals surface area contributed by atoms with Gasteiger partial charge < -0.3 is 15.0 Å². The minimum absolute atomic E-state index is 0.617. The number of anilines is 2. The first-order valence-electron chi connectivity index (χ1n) is 8.11. The molecule has 118 valence electrons. The van der Waals surface area contributed by atoms with Gasteiger partial charge in [-0.15, -0.1) is 0 Å². The van der Waals surface area contributed by atoms with Crippen LogP contribution in [-0.2, 0) is 11.2 Å². The number of ether oxygens (including phenoxy) is 1. The Kier molecular flexibility index (Phi) is 6.23. The quantitative estimate of drug-likeness (QED) is 0.798. The van der Waals surface area contributed by atoms with E-state index in [0.29, 0.717) is 5.92 Å². The third-order valence-corrected chi connectivity index (χ3v) is 3.95. The van der Waals surface area contributed by atoms with E-state index in [9.17, 15) is 0 Å². The Balaban J connectivity index is 2.17. The topological polar surface area (TPSA) is 50.3 Å². The highest BCUT2D eigenvalue weighted by atomic mass is 16.5. The van der Waals surface area contributed by atoms with Gasteiger partial charge in [0.25, 0.3) is 0 Å². The molecule has 1 aliphatic rings. The van der Waals surface area contributed by atoms with E-state index in [-0.39, 0.29) is 0 Å². The summed E-state index contributed by atoms with van der Waals surface area (Å²) in [5, 5.41) is 3.45. The highest BCUT2D eigenvalue weighted by Gasteiger charge is 2.26. The second-order valence-electron chi connectivity index (χ2n) is 5.76. The maximum Gasteiger partial charge on any atom is 0.137 e. The Morgan fingerprint density at radius 3 is 2.90 bits per heavy atom. The Morgan fingerprint density at radius 2 is 2.19 bits per heavy atom. The molecule has 1 aliphatic heterocycles. The number of hydrogen-bond acceptors (Lipinski definition) is 5. The van der Waals surface area contributed by atoms with Crippen LogP contribution in [0.15, 0.2) is 6.33 Å². The van der Waals surface area contributed by atoms with E-state index < -0.39 is 0 Å². The van der Waals surface area contributed by atoms with Crippen LogP contribution >= 0.6 is 0 Å². The normalized spacial score (nSPS) is 18.2. The van der Waals surface area contributed by atoms with Crippen LogP contribution in [-0.4, -0.2) is 43.3 Å². The first-order chi connectivity index (χ1) is 10.3. The lowest BCUT2D eigenvalue weighted by Crippen LogP contribution is -2.24. The van der Waals surface area contributed by atoms with Crippen molar-refractivity contribution >= 4 is 11.6 Å². The maximum absolute atomic E-state index is 5.29. The van der Waals surface area contributed by atoms with Crippen LogP contribution in [0, 0.1) is 5.92 Å². The molecule has 21 heavy (non-hydrogen) atoms. The number of nitrogens with one attached hydrogen (secondary N) is 1. The van der Waals surface area contributed by atoms with Gasteiger partial charge in [0.15, 0.2) is 0 Å². The summed E-state index contributed by atoms with van der Waals surface area (Å²) >= 11 is 0. The van der Waals surface area contributed by atoms with Crippen molar-refractivity contribution in [1.82, 2.24) is 9.97 Å². The molecule has 0 aliphatic carbocycles. The van der Waals surface area contributed by atoms with Gasteiger partial charge >= 0.3 is 0 Å². The third kappa shape index (κ3) is 4.06. The molecular weight excluding hydrogens is 264 g/mol. The molecule has 0 saturated carbocycles. The molecule has 0 amide bonds. The van der Waals surface area contributed by atoms with Crippen LogP contribution < -0.4 is 10.2 Å². The van der Waals surface area contributed by atoms with E-state index in [4.69, 9.17) is 4.74 Å². The summed E-state index contributed by atoms with van der Waals surface area (Å²) in [5.41, 5.74) is 1.27. The zero-order valence-corrected chi connectivity index (χ0v) is 13.6. The Labute approximate surface area is 128 Å². The molecule has 1 atom stereocenters. The second kappa shape index (κ2) is 8.17. The lowest BCUT2D eigenvalue weighted by molar-refractivity contribution is 0.161. The van der Waals surface area contributed by atoms with Crippen molar-refractivity contribution in [3.63, 3.8) is 0 Å². The number of hydrogen-bond donors (Lipinski definition) is 1. The van der Waals surface area contributed by atoms with E-state index in [1.165, 1.54) is 12.0 Å². The third-order valence-electron chi connectivity index (χ3n) is 3.95. The molecule has 1 unspecified atom stereocenters. The molecule has 1 fully saturated rings. The first-order valence-corrected chi connectivity index (χ1v) is 8.11. The molecule has 1 aromatic heterocycles. The standard InChI is InChI=1S/C16H28N4O/c1-4-6-14-15(17-8-5-2)18-12-19-16(14)20-9-7-13(10-20)11-21-3/h12-13H,4-11H2,1-3H3,(H,17,18,19). The van der Waals surface area contributed by atoms with E-state index in [2.05, 4.69) is 34.0 Å². The number of rotatable bonds is 8. The molecule has 1 aromatic rings. The fraction of sp³-hybridized carbons (Fsp3) is 0.750. The van der Waals surface area contributed by atoms with Gasteiger partial charge in [0.05, 0.1) is 6.61 Å². The zero-order chi connectivity index (χ0) is 15.1. The molecule has 2 rings (SSSR count). The average molecular weight is 292 g/mol. The number of nitrogens with zero attached hydrogens (tertiary/aromatic N) is 3. The first kappa shape index (κ1) is 16.0. The van der Waals surface area contributed by atoms with Crippen molar-refractivity contribution in [2.24, 2.45) is 5.92 Å².